The Hall–Kier alpha value is -3.92. The fourth-order valence-electron chi connectivity index (χ4n) is 4.00. The van der Waals surface area contributed by atoms with E-state index in [1.54, 1.807) is 0 Å². The summed E-state index contributed by atoms with van der Waals surface area (Å²) in [6.07, 6.45) is 3.26. The zero-order chi connectivity index (χ0) is 26.7. The van der Waals surface area contributed by atoms with Crippen LogP contribution in [-0.4, -0.2) is 35.4 Å². The van der Waals surface area contributed by atoms with Gasteiger partial charge in [-0.15, -0.1) is 10.2 Å². The summed E-state index contributed by atoms with van der Waals surface area (Å²) in [7, 11) is 2.75. The number of anilines is 1. The van der Waals surface area contributed by atoms with E-state index >= 15 is 0 Å². The number of nitrogens with two attached hydrogens (primary N) is 1. The number of ketones is 1. The summed E-state index contributed by atoms with van der Waals surface area (Å²) in [5.41, 5.74) is 8.61. The number of carbonyl (C=O) groups excluding carboxylic acids is 1. The van der Waals surface area contributed by atoms with Crippen molar-refractivity contribution in [2.75, 3.05) is 11.5 Å². The van der Waals surface area contributed by atoms with Crippen LogP contribution in [0.15, 0.2) is 63.3 Å². The number of rotatable bonds is 9. The lowest BCUT2D eigenvalue weighted by atomic mass is 10.1. The van der Waals surface area contributed by atoms with Gasteiger partial charge in [0.15, 0.2) is 16.8 Å². The quantitative estimate of drug-likeness (QED) is 0.266. The van der Waals surface area contributed by atoms with Gasteiger partial charge in [-0.25, -0.2) is 4.79 Å². The number of nitrogen functional groups attached to an aromatic ring is 1. The van der Waals surface area contributed by atoms with Crippen molar-refractivity contribution < 1.29 is 4.79 Å². The Morgan fingerprint density at radius 1 is 0.973 bits per heavy atom. The molecule has 0 radical (unpaired) electrons. The lowest BCUT2D eigenvalue weighted by Crippen LogP contribution is -2.41. The van der Waals surface area contributed by atoms with Crippen LogP contribution in [0.1, 0.15) is 41.3 Å². The van der Waals surface area contributed by atoms with Crippen molar-refractivity contribution >= 4 is 23.4 Å². The Labute approximate surface area is 219 Å². The molecule has 4 rings (SSSR count). The molecule has 2 aromatic heterocycles. The predicted octanol–water partition coefficient (Wildman–Crippen LogP) is 3.54. The first-order chi connectivity index (χ1) is 17.7. The van der Waals surface area contributed by atoms with Crippen LogP contribution in [0, 0.1) is 6.92 Å². The lowest BCUT2D eigenvalue weighted by Gasteiger charge is -2.12. The summed E-state index contributed by atoms with van der Waals surface area (Å²) in [4.78, 5) is 37.8. The largest absolute Gasteiger partial charge is 0.384 e. The number of Topliss-reactive ketones (excluding diaryl/α,β-unsaturated/α-hetero) is 1. The average molecular weight is 519 g/mol. The molecule has 0 aliphatic carbocycles. The van der Waals surface area contributed by atoms with E-state index in [0.717, 1.165) is 57.0 Å². The van der Waals surface area contributed by atoms with Crippen molar-refractivity contribution in [2.24, 2.45) is 14.1 Å². The molecule has 10 heteroatoms. The minimum Gasteiger partial charge on any atom is -0.384 e. The molecular weight excluding hydrogens is 488 g/mol. The zero-order valence-corrected chi connectivity index (χ0v) is 22.2. The summed E-state index contributed by atoms with van der Waals surface area (Å²) in [5, 5.41) is 9.32. The molecule has 192 valence electrons. The van der Waals surface area contributed by atoms with Crippen molar-refractivity contribution in [3.63, 3.8) is 0 Å². The minimum absolute atomic E-state index is 0.0989. The van der Waals surface area contributed by atoms with Crippen LogP contribution < -0.4 is 17.0 Å². The first kappa shape index (κ1) is 26.2. The molecule has 0 saturated heterocycles. The maximum absolute atomic E-state index is 13.1. The van der Waals surface area contributed by atoms with E-state index < -0.39 is 17.0 Å². The fraction of sp³-hybridized carbons (Fsp3) is 0.296. The number of aryl methyl sites for hydroxylation is 2. The number of nitrogens with zero attached hydrogens (tertiary/aromatic N) is 5. The van der Waals surface area contributed by atoms with E-state index in [9.17, 15) is 14.4 Å². The molecular formula is C27H30N6O3S. The zero-order valence-electron chi connectivity index (χ0n) is 21.4. The van der Waals surface area contributed by atoms with Gasteiger partial charge in [-0.05, 0) is 37.5 Å². The predicted molar refractivity (Wildman–Crippen MR) is 147 cm³/mol. The standard InChI is InChI=1S/C27H30N6O3S/c1-5-6-7-18-10-14-20(15-11-18)33-24(19-12-8-17(2)9-13-19)29-30-26(33)37-16-21(34)22-23(28)31(3)27(36)32(4)25(22)35/h8-15H,5-7,16,28H2,1-4H3. The van der Waals surface area contributed by atoms with E-state index in [0.29, 0.717) is 11.0 Å². The van der Waals surface area contributed by atoms with Crippen LogP contribution in [0.2, 0.25) is 0 Å². The first-order valence-electron chi connectivity index (χ1n) is 12.1. The molecule has 2 N–H and O–H groups in total. The van der Waals surface area contributed by atoms with Gasteiger partial charge in [0.1, 0.15) is 11.4 Å². The van der Waals surface area contributed by atoms with Crippen LogP contribution >= 0.6 is 11.8 Å². The Bertz CT molecular complexity index is 1550. The SMILES string of the molecule is CCCCc1ccc(-n2c(SCC(=O)c3c(N)n(C)c(=O)n(C)c3=O)nnc2-c2ccc(C)cc2)cc1. The van der Waals surface area contributed by atoms with Gasteiger partial charge in [0.05, 0.1) is 5.75 Å². The molecule has 0 spiro atoms. The van der Waals surface area contributed by atoms with Gasteiger partial charge < -0.3 is 5.73 Å². The molecule has 0 atom stereocenters. The van der Waals surface area contributed by atoms with Gasteiger partial charge in [0, 0.05) is 25.3 Å². The third-order valence-electron chi connectivity index (χ3n) is 6.28. The monoisotopic (exact) mass is 518 g/mol. The van der Waals surface area contributed by atoms with Gasteiger partial charge in [0.2, 0.25) is 0 Å². The normalized spacial score (nSPS) is 11.1. The third-order valence-corrected chi connectivity index (χ3v) is 7.21. The molecule has 0 saturated carbocycles. The lowest BCUT2D eigenvalue weighted by molar-refractivity contribution is 0.102. The highest BCUT2D eigenvalue weighted by Crippen LogP contribution is 2.29. The molecule has 0 bridgehead atoms. The molecule has 0 amide bonds. The van der Waals surface area contributed by atoms with Crippen molar-refractivity contribution in [3.05, 3.63) is 86.1 Å². The van der Waals surface area contributed by atoms with Crippen molar-refractivity contribution in [2.45, 2.75) is 38.3 Å². The van der Waals surface area contributed by atoms with Crippen LogP contribution in [0.4, 0.5) is 5.82 Å². The van der Waals surface area contributed by atoms with E-state index in [2.05, 4.69) is 29.3 Å². The minimum atomic E-state index is -0.712. The number of thioether (sulfide) groups is 1. The molecule has 2 heterocycles. The number of hydrogen-bond acceptors (Lipinski definition) is 7. The van der Waals surface area contributed by atoms with Gasteiger partial charge in [0.25, 0.3) is 5.56 Å². The molecule has 4 aromatic rings. The second kappa shape index (κ2) is 11.0. The Balaban J connectivity index is 1.70. The second-order valence-corrected chi connectivity index (χ2v) is 9.90. The van der Waals surface area contributed by atoms with Crippen LogP contribution in [0.3, 0.4) is 0 Å². The molecule has 37 heavy (non-hydrogen) atoms. The average Bonchev–Trinajstić information content (AvgIpc) is 3.33. The third kappa shape index (κ3) is 5.29. The van der Waals surface area contributed by atoms with E-state index in [1.807, 2.05) is 47.9 Å². The highest BCUT2D eigenvalue weighted by Gasteiger charge is 2.22. The maximum atomic E-state index is 13.1. The highest BCUT2D eigenvalue weighted by atomic mass is 32.2. The maximum Gasteiger partial charge on any atom is 0.332 e. The first-order valence-corrected chi connectivity index (χ1v) is 13.0. The van der Waals surface area contributed by atoms with Gasteiger partial charge >= 0.3 is 5.69 Å². The molecule has 0 unspecified atom stereocenters. The fourth-order valence-corrected chi connectivity index (χ4v) is 4.83. The topological polar surface area (TPSA) is 118 Å². The van der Waals surface area contributed by atoms with Crippen LogP contribution in [-0.2, 0) is 20.5 Å². The van der Waals surface area contributed by atoms with Crippen molar-refractivity contribution in [3.8, 4) is 17.1 Å². The number of benzene rings is 2. The number of unbranched alkanes of at least 4 members (excludes halogenated alkanes) is 1. The summed E-state index contributed by atoms with van der Waals surface area (Å²) < 4.78 is 3.89. The Morgan fingerprint density at radius 3 is 2.30 bits per heavy atom. The Morgan fingerprint density at radius 2 is 1.65 bits per heavy atom. The Kier molecular flexibility index (Phi) is 7.77. The smallest absolute Gasteiger partial charge is 0.332 e. The van der Waals surface area contributed by atoms with Crippen molar-refractivity contribution in [1.82, 2.24) is 23.9 Å². The van der Waals surface area contributed by atoms with E-state index in [4.69, 9.17) is 5.73 Å². The number of carbonyl (C=O) groups is 1. The number of aromatic nitrogens is 5. The molecule has 0 aliphatic heterocycles. The molecule has 0 aliphatic rings. The van der Waals surface area contributed by atoms with Gasteiger partial charge in [-0.1, -0.05) is 67.1 Å². The summed E-state index contributed by atoms with van der Waals surface area (Å²) >= 11 is 1.16. The summed E-state index contributed by atoms with van der Waals surface area (Å²) in [5.74, 6) is -0.0878. The second-order valence-electron chi connectivity index (χ2n) is 8.96. The van der Waals surface area contributed by atoms with E-state index in [1.165, 1.54) is 19.7 Å². The summed E-state index contributed by atoms with van der Waals surface area (Å²) in [6.45, 7) is 4.19. The summed E-state index contributed by atoms with van der Waals surface area (Å²) in [6, 6.07) is 16.2. The highest BCUT2D eigenvalue weighted by molar-refractivity contribution is 7.99. The van der Waals surface area contributed by atoms with E-state index in [-0.39, 0.29) is 17.1 Å². The van der Waals surface area contributed by atoms with Gasteiger partial charge in [-0.2, -0.15) is 0 Å². The molecule has 2 aromatic carbocycles. The molecule has 0 fully saturated rings. The van der Waals surface area contributed by atoms with Crippen molar-refractivity contribution in [1.29, 1.82) is 0 Å². The molecule has 9 nitrogen and oxygen atoms in total. The van der Waals surface area contributed by atoms with Crippen LogP contribution in [0.5, 0.6) is 0 Å². The van der Waals surface area contributed by atoms with Gasteiger partial charge in [-0.3, -0.25) is 23.3 Å². The number of hydrogen-bond donors (Lipinski definition) is 1. The van der Waals surface area contributed by atoms with Crippen LogP contribution in [0.25, 0.3) is 17.1 Å².